The Morgan fingerprint density at radius 1 is 1.53 bits per heavy atom. The number of aromatic hydroxyl groups is 1. The van der Waals surface area contributed by atoms with Crippen molar-refractivity contribution in [3.8, 4) is 5.75 Å². The molecule has 5 heteroatoms. The molecule has 15 heavy (non-hydrogen) atoms. The van der Waals surface area contributed by atoms with E-state index in [1.165, 1.54) is 0 Å². The molecule has 1 heterocycles. The van der Waals surface area contributed by atoms with Crippen LogP contribution in [0.1, 0.15) is 5.56 Å². The molecule has 0 bridgehead atoms. The number of nitrogens with zero attached hydrogens (tertiary/aromatic N) is 1. The maximum atomic E-state index is 9.95. The van der Waals surface area contributed by atoms with E-state index in [2.05, 4.69) is 14.9 Å². The molecule has 0 saturated carbocycles. The second-order valence-electron chi connectivity index (χ2n) is 3.16. The van der Waals surface area contributed by atoms with Gasteiger partial charge in [-0.1, -0.05) is 0 Å². The number of fused-ring (bicyclic) bond motifs is 1. The molecule has 0 spiro atoms. The lowest BCUT2D eigenvalue weighted by Crippen LogP contribution is -1.96. The van der Waals surface area contributed by atoms with Crippen molar-refractivity contribution in [2.24, 2.45) is 0 Å². The highest BCUT2D eigenvalue weighted by molar-refractivity contribution is 5.80. The fourth-order valence-corrected chi connectivity index (χ4v) is 1.44. The Kier molecular flexibility index (Phi) is 2.53. The van der Waals surface area contributed by atoms with E-state index in [0.29, 0.717) is 12.9 Å². The number of aromatic nitrogens is 2. The van der Waals surface area contributed by atoms with Crippen LogP contribution in [0.25, 0.3) is 10.9 Å². The van der Waals surface area contributed by atoms with E-state index in [0.717, 1.165) is 16.5 Å². The Hall–Kier alpha value is -2.04. The molecule has 0 unspecified atom stereocenters. The van der Waals surface area contributed by atoms with Gasteiger partial charge in [0.05, 0.1) is 18.3 Å². The van der Waals surface area contributed by atoms with Crippen molar-refractivity contribution < 1.29 is 14.6 Å². The number of benzene rings is 1. The van der Waals surface area contributed by atoms with E-state index in [9.17, 15) is 9.90 Å². The molecular weight excluding hydrogens is 196 g/mol. The zero-order valence-corrected chi connectivity index (χ0v) is 7.93. The van der Waals surface area contributed by atoms with Gasteiger partial charge >= 0.3 is 0 Å². The molecule has 78 valence electrons. The SMILES string of the molecule is O=COCCc1cc2[nH]ncc2cc1O. The van der Waals surface area contributed by atoms with Crippen molar-refractivity contribution in [2.45, 2.75) is 6.42 Å². The first-order valence-corrected chi connectivity index (χ1v) is 4.51. The number of nitrogens with one attached hydrogen (secondary N) is 1. The average Bonchev–Trinajstić information content (AvgIpc) is 2.65. The predicted octanol–water partition coefficient (Wildman–Crippen LogP) is 0.984. The van der Waals surface area contributed by atoms with Crippen molar-refractivity contribution in [3.05, 3.63) is 23.9 Å². The number of carbonyl (C=O) groups excluding carboxylic acids is 1. The maximum absolute atomic E-state index is 9.95. The molecule has 0 amide bonds. The van der Waals surface area contributed by atoms with E-state index in [4.69, 9.17) is 0 Å². The maximum Gasteiger partial charge on any atom is 0.293 e. The van der Waals surface area contributed by atoms with Crippen LogP contribution in [-0.2, 0) is 16.0 Å². The van der Waals surface area contributed by atoms with Crippen molar-refractivity contribution >= 4 is 17.4 Å². The van der Waals surface area contributed by atoms with Gasteiger partial charge in [0.25, 0.3) is 6.47 Å². The fraction of sp³-hybridized carbons (Fsp3) is 0.200. The minimum absolute atomic E-state index is 0.193. The van der Waals surface area contributed by atoms with Gasteiger partial charge in [-0.05, 0) is 17.7 Å². The van der Waals surface area contributed by atoms with Crippen molar-refractivity contribution in [1.82, 2.24) is 10.2 Å². The van der Waals surface area contributed by atoms with Gasteiger partial charge < -0.3 is 9.84 Å². The van der Waals surface area contributed by atoms with Crippen LogP contribution in [0.3, 0.4) is 0 Å². The van der Waals surface area contributed by atoms with Crippen LogP contribution in [0.5, 0.6) is 5.75 Å². The lowest BCUT2D eigenvalue weighted by atomic mass is 10.1. The van der Waals surface area contributed by atoms with Crippen LogP contribution in [-0.4, -0.2) is 28.4 Å². The number of H-pyrrole nitrogens is 1. The number of rotatable bonds is 4. The predicted molar refractivity (Wildman–Crippen MR) is 53.5 cm³/mol. The highest BCUT2D eigenvalue weighted by Crippen LogP contribution is 2.23. The first kappa shape index (κ1) is 9.51. The lowest BCUT2D eigenvalue weighted by molar-refractivity contribution is -0.128. The molecule has 0 aliphatic heterocycles. The van der Waals surface area contributed by atoms with Crippen LogP contribution in [0.15, 0.2) is 18.3 Å². The van der Waals surface area contributed by atoms with Gasteiger partial charge in [0, 0.05) is 11.8 Å². The summed E-state index contributed by atoms with van der Waals surface area (Å²) in [5, 5.41) is 17.2. The molecular formula is C10H10N2O3. The number of ether oxygens (including phenoxy) is 1. The van der Waals surface area contributed by atoms with E-state index < -0.39 is 0 Å². The Morgan fingerprint density at radius 2 is 2.40 bits per heavy atom. The zero-order valence-electron chi connectivity index (χ0n) is 7.93. The van der Waals surface area contributed by atoms with Crippen molar-refractivity contribution in [3.63, 3.8) is 0 Å². The molecule has 0 saturated heterocycles. The van der Waals surface area contributed by atoms with Crippen molar-refractivity contribution in [2.75, 3.05) is 6.61 Å². The smallest absolute Gasteiger partial charge is 0.293 e. The highest BCUT2D eigenvalue weighted by atomic mass is 16.5. The molecule has 2 aromatic rings. The average molecular weight is 206 g/mol. The first-order valence-electron chi connectivity index (χ1n) is 4.51. The Bertz CT molecular complexity index is 478. The van der Waals surface area contributed by atoms with E-state index in [-0.39, 0.29) is 12.4 Å². The highest BCUT2D eigenvalue weighted by Gasteiger charge is 2.05. The topological polar surface area (TPSA) is 75.2 Å². The third-order valence-electron chi connectivity index (χ3n) is 2.20. The second-order valence-corrected chi connectivity index (χ2v) is 3.16. The largest absolute Gasteiger partial charge is 0.508 e. The first-order chi connectivity index (χ1) is 7.31. The van der Waals surface area contributed by atoms with Gasteiger partial charge in [-0.15, -0.1) is 0 Å². The van der Waals surface area contributed by atoms with E-state index >= 15 is 0 Å². The number of phenols is 1. The molecule has 0 aliphatic carbocycles. The molecule has 1 aromatic carbocycles. The Morgan fingerprint density at radius 3 is 3.20 bits per heavy atom. The molecule has 0 atom stereocenters. The number of phenolic OH excluding ortho intramolecular Hbond substituents is 1. The quantitative estimate of drug-likeness (QED) is 0.577. The summed E-state index contributed by atoms with van der Waals surface area (Å²) < 4.78 is 4.57. The number of hydrogen-bond acceptors (Lipinski definition) is 4. The summed E-state index contributed by atoms with van der Waals surface area (Å²) in [6.07, 6.45) is 2.13. The summed E-state index contributed by atoms with van der Waals surface area (Å²) >= 11 is 0. The molecule has 0 radical (unpaired) electrons. The number of hydrogen-bond donors (Lipinski definition) is 2. The molecule has 5 nitrogen and oxygen atoms in total. The second kappa shape index (κ2) is 4.00. The van der Waals surface area contributed by atoms with Gasteiger partial charge in [-0.2, -0.15) is 5.10 Å². The third kappa shape index (κ3) is 1.90. The van der Waals surface area contributed by atoms with Gasteiger partial charge in [0.1, 0.15) is 5.75 Å². The lowest BCUT2D eigenvalue weighted by Gasteiger charge is -2.03. The third-order valence-corrected chi connectivity index (χ3v) is 2.20. The number of carbonyl (C=O) groups is 1. The minimum atomic E-state index is 0.193. The molecule has 2 N–H and O–H groups in total. The Labute approximate surface area is 85.7 Å². The van der Waals surface area contributed by atoms with Gasteiger partial charge in [-0.3, -0.25) is 9.89 Å². The molecule has 1 aromatic heterocycles. The van der Waals surface area contributed by atoms with Crippen LogP contribution >= 0.6 is 0 Å². The van der Waals surface area contributed by atoms with Gasteiger partial charge in [0.2, 0.25) is 0 Å². The summed E-state index contributed by atoms with van der Waals surface area (Å²) in [5.74, 6) is 0.193. The summed E-state index contributed by atoms with van der Waals surface area (Å²) in [5.41, 5.74) is 1.59. The van der Waals surface area contributed by atoms with Gasteiger partial charge in [0.15, 0.2) is 0 Å². The zero-order chi connectivity index (χ0) is 10.7. The van der Waals surface area contributed by atoms with Crippen LogP contribution in [0.2, 0.25) is 0 Å². The summed E-state index contributed by atoms with van der Waals surface area (Å²) in [6, 6.07) is 3.43. The van der Waals surface area contributed by atoms with Crippen LogP contribution in [0, 0.1) is 0 Å². The Balaban J connectivity index is 2.25. The molecule has 2 rings (SSSR count). The molecule has 0 aliphatic rings. The summed E-state index contributed by atoms with van der Waals surface area (Å²) in [7, 11) is 0. The standard InChI is InChI=1S/C10H10N2O3/c13-6-15-2-1-7-3-9-8(4-10(7)14)5-11-12-9/h3-6,14H,1-2H2,(H,11,12). The fourth-order valence-electron chi connectivity index (χ4n) is 1.44. The van der Waals surface area contributed by atoms with Gasteiger partial charge in [-0.25, -0.2) is 0 Å². The van der Waals surface area contributed by atoms with E-state index in [1.807, 2.05) is 0 Å². The van der Waals surface area contributed by atoms with Crippen molar-refractivity contribution in [1.29, 1.82) is 0 Å². The summed E-state index contributed by atoms with van der Waals surface area (Å²) in [6.45, 7) is 0.655. The summed E-state index contributed by atoms with van der Waals surface area (Å²) in [4.78, 5) is 9.95. The van der Waals surface area contributed by atoms with Crippen LogP contribution < -0.4 is 0 Å². The monoisotopic (exact) mass is 206 g/mol. The number of aromatic amines is 1. The molecule has 0 fully saturated rings. The van der Waals surface area contributed by atoms with E-state index in [1.54, 1.807) is 18.3 Å². The minimum Gasteiger partial charge on any atom is -0.508 e. The normalized spacial score (nSPS) is 10.4. The van der Waals surface area contributed by atoms with Crippen LogP contribution in [0.4, 0.5) is 0 Å².